The summed E-state index contributed by atoms with van der Waals surface area (Å²) in [7, 11) is -3.84. The zero-order valence-electron chi connectivity index (χ0n) is 16.4. The standard InChI is InChI=1S/C20H20ClN3O6S/c1-12(19(26)23-14-6-8-15(9-7-14)31(22,28)29)30-20(27)13-10-18(25)24(11-13)17-5-3-2-4-16(17)21/h2-9,12-13H,10-11H2,1H3,(H,23,26)(H2,22,28,29)/t12-,13+/m1/s1. The molecule has 11 heteroatoms. The minimum Gasteiger partial charge on any atom is -0.452 e. The molecule has 1 heterocycles. The number of para-hydroxylation sites is 1. The first-order chi connectivity index (χ1) is 14.6. The molecule has 164 valence electrons. The van der Waals surface area contributed by atoms with Crippen LogP contribution >= 0.6 is 11.6 Å². The molecule has 0 saturated carbocycles. The van der Waals surface area contributed by atoms with E-state index in [1.54, 1.807) is 24.3 Å². The molecule has 0 unspecified atom stereocenters. The molecule has 2 aromatic rings. The average Bonchev–Trinajstić information content (AvgIpc) is 3.09. The van der Waals surface area contributed by atoms with Crippen molar-refractivity contribution in [3.05, 3.63) is 53.6 Å². The maximum atomic E-state index is 12.5. The zero-order chi connectivity index (χ0) is 22.8. The van der Waals surface area contributed by atoms with E-state index in [0.29, 0.717) is 16.4 Å². The largest absolute Gasteiger partial charge is 0.452 e. The summed E-state index contributed by atoms with van der Waals surface area (Å²) in [5.41, 5.74) is 0.819. The summed E-state index contributed by atoms with van der Waals surface area (Å²) in [5, 5.41) is 7.94. The van der Waals surface area contributed by atoms with Crippen molar-refractivity contribution in [1.29, 1.82) is 0 Å². The van der Waals surface area contributed by atoms with Gasteiger partial charge in [0.25, 0.3) is 5.91 Å². The number of primary sulfonamides is 1. The number of sulfonamides is 1. The summed E-state index contributed by atoms with van der Waals surface area (Å²) in [4.78, 5) is 38.4. The molecule has 2 amide bonds. The molecule has 1 aliphatic rings. The van der Waals surface area contributed by atoms with Crippen LogP contribution in [0.15, 0.2) is 53.4 Å². The number of amides is 2. The van der Waals surface area contributed by atoms with Gasteiger partial charge in [-0.25, -0.2) is 13.6 Å². The minimum atomic E-state index is -3.84. The van der Waals surface area contributed by atoms with Crippen molar-refractivity contribution in [2.45, 2.75) is 24.3 Å². The van der Waals surface area contributed by atoms with Gasteiger partial charge in [0, 0.05) is 18.7 Å². The average molecular weight is 466 g/mol. The van der Waals surface area contributed by atoms with Crippen molar-refractivity contribution in [2.75, 3.05) is 16.8 Å². The summed E-state index contributed by atoms with van der Waals surface area (Å²) in [5.74, 6) is -2.27. The zero-order valence-corrected chi connectivity index (χ0v) is 18.0. The number of esters is 1. The van der Waals surface area contributed by atoms with Gasteiger partial charge in [-0.05, 0) is 43.3 Å². The van der Waals surface area contributed by atoms with E-state index >= 15 is 0 Å². The number of hydrogen-bond donors (Lipinski definition) is 2. The van der Waals surface area contributed by atoms with Crippen molar-refractivity contribution >= 4 is 50.8 Å². The van der Waals surface area contributed by atoms with Crippen molar-refractivity contribution < 1.29 is 27.5 Å². The van der Waals surface area contributed by atoms with Crippen LogP contribution in [0.3, 0.4) is 0 Å². The lowest BCUT2D eigenvalue weighted by Crippen LogP contribution is -2.33. The van der Waals surface area contributed by atoms with Crippen molar-refractivity contribution in [1.82, 2.24) is 0 Å². The Bertz CT molecular complexity index is 1120. The Labute approximate surface area is 184 Å². The van der Waals surface area contributed by atoms with Gasteiger partial charge in [0.1, 0.15) is 0 Å². The SMILES string of the molecule is C[C@@H](OC(=O)[C@H]1CC(=O)N(c2ccccc2Cl)C1)C(=O)Nc1ccc(S(N)(=O)=O)cc1. The number of anilines is 2. The molecule has 0 aliphatic carbocycles. The molecule has 3 rings (SSSR count). The van der Waals surface area contributed by atoms with Crippen molar-refractivity contribution in [3.63, 3.8) is 0 Å². The second-order valence-electron chi connectivity index (χ2n) is 6.99. The fraction of sp³-hybridized carbons (Fsp3) is 0.250. The van der Waals surface area contributed by atoms with Crippen LogP contribution < -0.4 is 15.4 Å². The number of hydrogen-bond acceptors (Lipinski definition) is 6. The number of carbonyl (C=O) groups is 3. The summed E-state index contributed by atoms with van der Waals surface area (Å²) >= 11 is 6.13. The maximum absolute atomic E-state index is 12.5. The fourth-order valence-electron chi connectivity index (χ4n) is 3.06. The number of halogens is 1. The number of nitrogens with zero attached hydrogens (tertiary/aromatic N) is 1. The maximum Gasteiger partial charge on any atom is 0.312 e. The molecule has 9 nitrogen and oxygen atoms in total. The Morgan fingerprint density at radius 1 is 1.19 bits per heavy atom. The molecule has 0 bridgehead atoms. The third-order valence-electron chi connectivity index (χ3n) is 4.71. The van der Waals surface area contributed by atoms with E-state index in [4.69, 9.17) is 21.5 Å². The van der Waals surface area contributed by atoms with E-state index < -0.39 is 33.9 Å². The monoisotopic (exact) mass is 465 g/mol. The van der Waals surface area contributed by atoms with E-state index in [-0.39, 0.29) is 23.8 Å². The van der Waals surface area contributed by atoms with E-state index in [9.17, 15) is 22.8 Å². The van der Waals surface area contributed by atoms with Crippen molar-refractivity contribution in [2.24, 2.45) is 11.1 Å². The first-order valence-corrected chi connectivity index (χ1v) is 11.2. The highest BCUT2D eigenvalue weighted by atomic mass is 35.5. The number of ether oxygens (including phenoxy) is 1. The van der Waals surface area contributed by atoms with E-state index in [1.165, 1.54) is 36.1 Å². The molecule has 0 radical (unpaired) electrons. The molecule has 2 atom stereocenters. The van der Waals surface area contributed by atoms with Crippen LogP contribution in [0.5, 0.6) is 0 Å². The molecule has 2 aromatic carbocycles. The molecule has 1 aliphatic heterocycles. The number of benzene rings is 2. The Balaban J connectivity index is 1.58. The first-order valence-electron chi connectivity index (χ1n) is 9.25. The highest BCUT2D eigenvalue weighted by Crippen LogP contribution is 2.31. The van der Waals surface area contributed by atoms with Crippen LogP contribution in [0.2, 0.25) is 5.02 Å². The second-order valence-corrected chi connectivity index (χ2v) is 8.96. The highest BCUT2D eigenvalue weighted by molar-refractivity contribution is 7.89. The highest BCUT2D eigenvalue weighted by Gasteiger charge is 2.38. The number of rotatable bonds is 6. The van der Waals surface area contributed by atoms with Crippen LogP contribution in [0.4, 0.5) is 11.4 Å². The van der Waals surface area contributed by atoms with Gasteiger partial charge in [-0.2, -0.15) is 0 Å². The van der Waals surface area contributed by atoms with Crippen LogP contribution in [-0.4, -0.2) is 38.9 Å². The van der Waals surface area contributed by atoms with Crippen LogP contribution in [0.1, 0.15) is 13.3 Å². The van der Waals surface area contributed by atoms with Crippen LogP contribution in [-0.2, 0) is 29.1 Å². The van der Waals surface area contributed by atoms with Crippen molar-refractivity contribution in [3.8, 4) is 0 Å². The molecule has 1 fully saturated rings. The smallest absolute Gasteiger partial charge is 0.312 e. The lowest BCUT2D eigenvalue weighted by molar-refractivity contribution is -0.157. The molecule has 0 spiro atoms. The predicted octanol–water partition coefficient (Wildman–Crippen LogP) is 1.91. The topological polar surface area (TPSA) is 136 Å². The summed E-state index contributed by atoms with van der Waals surface area (Å²) < 4.78 is 27.8. The summed E-state index contributed by atoms with van der Waals surface area (Å²) in [6, 6.07) is 12.0. The lowest BCUT2D eigenvalue weighted by atomic mass is 10.1. The number of nitrogens with one attached hydrogen (secondary N) is 1. The number of carbonyl (C=O) groups excluding carboxylic acids is 3. The molecule has 31 heavy (non-hydrogen) atoms. The molecule has 1 saturated heterocycles. The fourth-order valence-corrected chi connectivity index (χ4v) is 3.82. The summed E-state index contributed by atoms with van der Waals surface area (Å²) in [6.45, 7) is 1.50. The quantitative estimate of drug-likeness (QED) is 0.625. The van der Waals surface area contributed by atoms with Gasteiger partial charge in [-0.1, -0.05) is 23.7 Å². The van der Waals surface area contributed by atoms with Gasteiger partial charge in [-0.3, -0.25) is 14.4 Å². The Kier molecular flexibility index (Phi) is 6.63. The molecular weight excluding hydrogens is 446 g/mol. The third kappa shape index (κ3) is 5.40. The second kappa shape index (κ2) is 9.04. The Hall–Kier alpha value is -2.95. The van der Waals surface area contributed by atoms with Gasteiger partial charge >= 0.3 is 5.97 Å². The van der Waals surface area contributed by atoms with Gasteiger partial charge in [0.15, 0.2) is 6.10 Å². The Morgan fingerprint density at radius 2 is 1.84 bits per heavy atom. The Morgan fingerprint density at radius 3 is 2.45 bits per heavy atom. The molecular formula is C20H20ClN3O6S. The minimum absolute atomic E-state index is 0.0482. The lowest BCUT2D eigenvalue weighted by Gasteiger charge is -2.19. The first kappa shape index (κ1) is 22.7. The van der Waals surface area contributed by atoms with Gasteiger partial charge in [0.2, 0.25) is 15.9 Å². The summed E-state index contributed by atoms with van der Waals surface area (Å²) in [6.07, 6.45) is -1.18. The van der Waals surface area contributed by atoms with Gasteiger partial charge < -0.3 is 15.0 Å². The normalized spacial score (nSPS) is 17.3. The van der Waals surface area contributed by atoms with Gasteiger partial charge in [0.05, 0.1) is 21.5 Å². The molecule has 0 aromatic heterocycles. The predicted molar refractivity (Wildman–Crippen MR) is 114 cm³/mol. The third-order valence-corrected chi connectivity index (χ3v) is 5.96. The van der Waals surface area contributed by atoms with E-state index in [2.05, 4.69) is 5.32 Å². The van der Waals surface area contributed by atoms with Crippen LogP contribution in [0, 0.1) is 5.92 Å². The van der Waals surface area contributed by atoms with E-state index in [0.717, 1.165) is 0 Å². The van der Waals surface area contributed by atoms with Crippen LogP contribution in [0.25, 0.3) is 0 Å². The molecule has 3 N–H and O–H groups in total. The number of nitrogens with two attached hydrogens (primary N) is 1. The van der Waals surface area contributed by atoms with E-state index in [1.807, 2.05) is 0 Å². The van der Waals surface area contributed by atoms with Gasteiger partial charge in [-0.15, -0.1) is 0 Å².